The number of nitrogens with one attached hydrogen (secondary N) is 1. The molecule has 1 rings (SSSR count). The van der Waals surface area contributed by atoms with Crippen LogP contribution in [-0.4, -0.2) is 40.0 Å². The molecule has 0 heterocycles. The van der Waals surface area contributed by atoms with Crippen LogP contribution in [0.4, 0.5) is 5.69 Å². The van der Waals surface area contributed by atoms with Crippen molar-refractivity contribution in [2.75, 3.05) is 12.0 Å². The molecule has 0 aliphatic heterocycles. The van der Waals surface area contributed by atoms with Gasteiger partial charge < -0.3 is 10.4 Å². The van der Waals surface area contributed by atoms with Gasteiger partial charge in [0.2, 0.25) is 0 Å². The van der Waals surface area contributed by atoms with E-state index in [-0.39, 0.29) is 22.1 Å². The van der Waals surface area contributed by atoms with E-state index < -0.39 is 22.8 Å². The molecule has 0 fully saturated rings. The Morgan fingerprint density at radius 2 is 2.19 bits per heavy atom. The number of carboxylic acid groups (broad SMARTS) is 1. The smallest absolute Gasteiger partial charge is 0.326 e. The summed E-state index contributed by atoms with van der Waals surface area (Å²) < 4.78 is 0.251. The van der Waals surface area contributed by atoms with Gasteiger partial charge in [0.05, 0.1) is 9.40 Å². The summed E-state index contributed by atoms with van der Waals surface area (Å²) >= 11 is 4.49. The van der Waals surface area contributed by atoms with Gasteiger partial charge in [-0.1, -0.05) is 0 Å². The zero-order chi connectivity index (χ0) is 16.0. The Morgan fingerprint density at radius 1 is 1.52 bits per heavy atom. The molecule has 114 valence electrons. The number of nitro benzene ring substituents is 1. The molecule has 1 amide bonds. The minimum absolute atomic E-state index is 0.0419. The van der Waals surface area contributed by atoms with Gasteiger partial charge in [-0.2, -0.15) is 11.8 Å². The van der Waals surface area contributed by atoms with Crippen molar-refractivity contribution in [2.24, 2.45) is 0 Å². The van der Waals surface area contributed by atoms with Crippen LogP contribution in [-0.2, 0) is 4.79 Å². The van der Waals surface area contributed by atoms with Gasteiger partial charge in [0.1, 0.15) is 6.04 Å². The second kappa shape index (κ2) is 7.99. The monoisotopic (exact) mass is 376 g/mol. The van der Waals surface area contributed by atoms with Crippen LogP contribution < -0.4 is 5.32 Å². The highest BCUT2D eigenvalue weighted by atomic mass is 79.9. The van der Waals surface area contributed by atoms with Crippen LogP contribution >= 0.6 is 27.7 Å². The second-order valence-corrected chi connectivity index (χ2v) is 5.91. The summed E-state index contributed by atoms with van der Waals surface area (Å²) in [6.45, 7) is 0. The van der Waals surface area contributed by atoms with E-state index in [1.807, 2.05) is 6.26 Å². The molecule has 0 aromatic heterocycles. The van der Waals surface area contributed by atoms with Gasteiger partial charge in [-0.05, 0) is 46.5 Å². The molecule has 7 nitrogen and oxygen atoms in total. The summed E-state index contributed by atoms with van der Waals surface area (Å²) in [5.41, 5.74) is -0.209. The fourth-order valence-electron chi connectivity index (χ4n) is 1.53. The highest BCUT2D eigenvalue weighted by molar-refractivity contribution is 9.10. The van der Waals surface area contributed by atoms with Crippen molar-refractivity contribution < 1.29 is 19.6 Å². The molecule has 0 saturated heterocycles. The van der Waals surface area contributed by atoms with E-state index in [1.165, 1.54) is 23.9 Å². The number of carbonyl (C=O) groups is 2. The van der Waals surface area contributed by atoms with E-state index in [9.17, 15) is 19.7 Å². The second-order valence-electron chi connectivity index (χ2n) is 4.07. The number of thioether (sulfide) groups is 1. The molecule has 2 N–H and O–H groups in total. The lowest BCUT2D eigenvalue weighted by atomic mass is 10.1. The van der Waals surface area contributed by atoms with Gasteiger partial charge in [-0.25, -0.2) is 4.79 Å². The Hall–Kier alpha value is -1.61. The first-order chi connectivity index (χ1) is 9.86. The fraction of sp³-hybridized carbons (Fsp3) is 0.333. The molecular weight excluding hydrogens is 364 g/mol. The number of hydrogen-bond acceptors (Lipinski definition) is 5. The Labute approximate surface area is 133 Å². The minimum Gasteiger partial charge on any atom is -0.480 e. The SMILES string of the molecule is CSCC[C@@H](NC(=O)c1ccc(Br)c([N+](=O)[O-])c1)C(=O)O. The van der Waals surface area contributed by atoms with Gasteiger partial charge in [0.15, 0.2) is 0 Å². The van der Waals surface area contributed by atoms with Crippen LogP contribution in [0.25, 0.3) is 0 Å². The van der Waals surface area contributed by atoms with E-state index in [0.29, 0.717) is 5.75 Å². The van der Waals surface area contributed by atoms with Gasteiger partial charge in [-0.15, -0.1) is 0 Å². The first kappa shape index (κ1) is 17.4. The van der Waals surface area contributed by atoms with Crippen molar-refractivity contribution in [2.45, 2.75) is 12.5 Å². The third-order valence-corrected chi connectivity index (χ3v) is 3.93. The van der Waals surface area contributed by atoms with Gasteiger partial charge in [-0.3, -0.25) is 14.9 Å². The molecule has 9 heteroatoms. The van der Waals surface area contributed by atoms with Crippen molar-refractivity contribution in [1.82, 2.24) is 5.32 Å². The largest absolute Gasteiger partial charge is 0.480 e. The predicted octanol–water partition coefficient (Wildman–Crippen LogP) is 2.29. The highest BCUT2D eigenvalue weighted by Crippen LogP contribution is 2.25. The number of halogens is 1. The van der Waals surface area contributed by atoms with E-state index in [4.69, 9.17) is 5.11 Å². The van der Waals surface area contributed by atoms with Gasteiger partial charge in [0, 0.05) is 11.6 Å². The van der Waals surface area contributed by atoms with E-state index in [2.05, 4.69) is 21.2 Å². The Morgan fingerprint density at radius 3 is 2.71 bits per heavy atom. The van der Waals surface area contributed by atoms with Crippen LogP contribution in [0.1, 0.15) is 16.8 Å². The summed E-state index contributed by atoms with van der Waals surface area (Å²) in [4.78, 5) is 33.2. The third-order valence-electron chi connectivity index (χ3n) is 2.62. The van der Waals surface area contributed by atoms with E-state index in [1.54, 1.807) is 0 Å². The van der Waals surface area contributed by atoms with E-state index >= 15 is 0 Å². The average Bonchev–Trinajstić information content (AvgIpc) is 2.42. The number of carbonyl (C=O) groups excluding carboxylic acids is 1. The molecule has 1 aromatic carbocycles. The molecule has 0 aliphatic carbocycles. The molecule has 0 spiro atoms. The standard InChI is InChI=1S/C12H13BrN2O5S/c1-21-5-4-9(12(17)18)14-11(16)7-2-3-8(13)10(6-7)15(19)20/h2-3,6,9H,4-5H2,1H3,(H,14,16)(H,17,18)/t9-/m1/s1. The number of nitrogens with zero attached hydrogens (tertiary/aromatic N) is 1. The van der Waals surface area contributed by atoms with Crippen molar-refractivity contribution in [1.29, 1.82) is 0 Å². The van der Waals surface area contributed by atoms with E-state index in [0.717, 1.165) is 6.07 Å². The van der Waals surface area contributed by atoms with Crippen LogP contribution in [0, 0.1) is 10.1 Å². The van der Waals surface area contributed by atoms with Crippen LogP contribution in [0.5, 0.6) is 0 Å². The normalized spacial score (nSPS) is 11.7. The summed E-state index contributed by atoms with van der Waals surface area (Å²) in [5.74, 6) is -1.21. The van der Waals surface area contributed by atoms with Crippen molar-refractivity contribution in [3.8, 4) is 0 Å². The Bertz CT molecular complexity index is 567. The molecule has 1 aromatic rings. The number of rotatable bonds is 7. The van der Waals surface area contributed by atoms with Crippen molar-refractivity contribution in [3.05, 3.63) is 38.3 Å². The maximum atomic E-state index is 12.0. The Kier molecular flexibility index (Phi) is 6.63. The maximum absolute atomic E-state index is 12.0. The lowest BCUT2D eigenvalue weighted by Crippen LogP contribution is -2.41. The quantitative estimate of drug-likeness (QED) is 0.557. The summed E-state index contributed by atoms with van der Waals surface area (Å²) in [7, 11) is 0. The van der Waals surface area contributed by atoms with Crippen LogP contribution in [0.2, 0.25) is 0 Å². The predicted molar refractivity (Wildman–Crippen MR) is 82.7 cm³/mol. The summed E-state index contributed by atoms with van der Waals surface area (Å²) in [6, 6.07) is 2.85. The number of benzene rings is 1. The molecule has 0 bridgehead atoms. The first-order valence-electron chi connectivity index (χ1n) is 5.83. The van der Waals surface area contributed by atoms with Crippen LogP contribution in [0.15, 0.2) is 22.7 Å². The van der Waals surface area contributed by atoms with Gasteiger partial charge >= 0.3 is 5.97 Å². The number of amides is 1. The van der Waals surface area contributed by atoms with Crippen molar-refractivity contribution >= 4 is 45.3 Å². The molecule has 0 aliphatic rings. The van der Waals surface area contributed by atoms with Gasteiger partial charge in [0.25, 0.3) is 11.6 Å². The fourth-order valence-corrected chi connectivity index (χ4v) is 2.39. The molecule has 0 saturated carbocycles. The zero-order valence-corrected chi connectivity index (χ0v) is 13.4. The highest BCUT2D eigenvalue weighted by Gasteiger charge is 2.22. The van der Waals surface area contributed by atoms with Crippen LogP contribution in [0.3, 0.4) is 0 Å². The lowest BCUT2D eigenvalue weighted by molar-refractivity contribution is -0.385. The molecule has 21 heavy (non-hydrogen) atoms. The zero-order valence-electron chi connectivity index (χ0n) is 11.0. The number of nitro groups is 1. The first-order valence-corrected chi connectivity index (χ1v) is 8.02. The summed E-state index contributed by atoms with van der Waals surface area (Å²) in [6.07, 6.45) is 2.11. The molecule has 0 unspecified atom stereocenters. The number of hydrogen-bond donors (Lipinski definition) is 2. The minimum atomic E-state index is -1.14. The molecule has 0 radical (unpaired) electrons. The van der Waals surface area contributed by atoms with Crippen molar-refractivity contribution in [3.63, 3.8) is 0 Å². The maximum Gasteiger partial charge on any atom is 0.326 e. The lowest BCUT2D eigenvalue weighted by Gasteiger charge is -2.14. The average molecular weight is 377 g/mol. The molecule has 1 atom stereocenters. The number of aliphatic carboxylic acids is 1. The Balaban J connectivity index is 2.90. The summed E-state index contributed by atoms with van der Waals surface area (Å²) in [5, 5.41) is 22.2. The molecular formula is C12H13BrN2O5S. The topological polar surface area (TPSA) is 110 Å². The third kappa shape index (κ3) is 5.01. The number of carboxylic acids is 1.